The van der Waals surface area contributed by atoms with Gasteiger partial charge in [0, 0.05) is 61.7 Å². The highest BCUT2D eigenvalue weighted by Crippen LogP contribution is 2.38. The van der Waals surface area contributed by atoms with Crippen LogP contribution in [0.5, 0.6) is 0 Å². The highest BCUT2D eigenvalue weighted by Gasteiger charge is 2.31. The molecule has 1 fully saturated rings. The number of aryl methyl sites for hydroxylation is 3. The number of fused-ring (bicyclic) bond motifs is 3. The van der Waals surface area contributed by atoms with Gasteiger partial charge < -0.3 is 15.1 Å². The number of benzene rings is 1. The summed E-state index contributed by atoms with van der Waals surface area (Å²) < 4.78 is 2.13. The van der Waals surface area contributed by atoms with Crippen molar-refractivity contribution in [1.29, 1.82) is 0 Å². The topological polar surface area (TPSA) is 78.7 Å². The summed E-state index contributed by atoms with van der Waals surface area (Å²) in [4.78, 5) is 24.0. The predicted octanol–water partition coefficient (Wildman–Crippen LogP) is 3.21. The van der Waals surface area contributed by atoms with Crippen LogP contribution in [-0.4, -0.2) is 82.5 Å². The van der Waals surface area contributed by atoms with E-state index < -0.39 is 0 Å². The van der Waals surface area contributed by atoms with Crippen LogP contribution in [-0.2, 0) is 4.79 Å². The summed E-state index contributed by atoms with van der Waals surface area (Å²) in [5.41, 5.74) is 5.60. The minimum absolute atomic E-state index is 0.0508. The smallest absolute Gasteiger partial charge is 0.221 e. The third kappa shape index (κ3) is 4.87. The molecule has 8 nitrogen and oxygen atoms in total. The Hall–Kier alpha value is -2.88. The SMILES string of the molecule is Cc1ccc(C2=N[C@@H](CNC(=O)CCN3CCN(C)CC3)c3nnc(C)n3-c3sc(C)c(C)c32)cc1. The molecule has 36 heavy (non-hydrogen) atoms. The Bertz CT molecular complexity index is 1280. The Labute approximate surface area is 217 Å². The first-order valence-electron chi connectivity index (χ1n) is 12.7. The molecule has 0 saturated carbocycles. The van der Waals surface area contributed by atoms with Crippen molar-refractivity contribution in [1.82, 2.24) is 29.9 Å². The fourth-order valence-corrected chi connectivity index (χ4v) is 6.08. The third-order valence-electron chi connectivity index (χ3n) is 7.31. The van der Waals surface area contributed by atoms with Crippen LogP contribution in [0.15, 0.2) is 29.3 Å². The van der Waals surface area contributed by atoms with E-state index in [1.807, 2.05) is 6.92 Å². The monoisotopic (exact) mass is 505 g/mol. The van der Waals surface area contributed by atoms with Gasteiger partial charge >= 0.3 is 0 Å². The molecule has 9 heteroatoms. The highest BCUT2D eigenvalue weighted by molar-refractivity contribution is 7.15. The van der Waals surface area contributed by atoms with Gasteiger partial charge in [-0.15, -0.1) is 21.5 Å². The maximum atomic E-state index is 12.8. The summed E-state index contributed by atoms with van der Waals surface area (Å²) in [7, 11) is 2.14. The number of likely N-dealkylation sites (N-methyl/N-ethyl adjacent to an activating group) is 1. The number of nitrogens with one attached hydrogen (secondary N) is 1. The van der Waals surface area contributed by atoms with Gasteiger partial charge in [0.15, 0.2) is 5.82 Å². The largest absolute Gasteiger partial charge is 0.353 e. The molecule has 0 unspecified atom stereocenters. The van der Waals surface area contributed by atoms with E-state index in [2.05, 4.69) is 82.0 Å². The van der Waals surface area contributed by atoms with E-state index in [0.29, 0.717) is 13.0 Å². The van der Waals surface area contributed by atoms with Gasteiger partial charge in [-0.1, -0.05) is 29.8 Å². The van der Waals surface area contributed by atoms with Crippen molar-refractivity contribution in [3.8, 4) is 5.00 Å². The van der Waals surface area contributed by atoms with E-state index in [-0.39, 0.29) is 11.9 Å². The van der Waals surface area contributed by atoms with Gasteiger partial charge in [-0.25, -0.2) is 0 Å². The summed E-state index contributed by atoms with van der Waals surface area (Å²) in [5.74, 6) is 1.66. The average molecular weight is 506 g/mol. The van der Waals surface area contributed by atoms with Crippen LogP contribution in [0.4, 0.5) is 0 Å². The van der Waals surface area contributed by atoms with Crippen LogP contribution in [0.3, 0.4) is 0 Å². The molecule has 4 heterocycles. The standard InChI is InChI=1S/C27H35N7OS/c1-17-6-8-21(9-7-17)25-24-18(2)19(3)36-27(24)34-20(4)30-31-26(34)22(29-25)16-28-23(35)10-11-33-14-12-32(5)13-15-33/h6-9,22H,10-16H2,1-5H3,(H,28,35)/t22-/m0/s1. The van der Waals surface area contributed by atoms with Crippen LogP contribution in [0.1, 0.15) is 51.2 Å². The van der Waals surface area contributed by atoms with E-state index in [0.717, 1.165) is 66.2 Å². The second-order valence-electron chi connectivity index (χ2n) is 9.96. The Morgan fingerprint density at radius 3 is 2.50 bits per heavy atom. The molecule has 2 aliphatic rings. The number of hydrogen-bond acceptors (Lipinski definition) is 7. The van der Waals surface area contributed by atoms with Crippen LogP contribution in [0, 0.1) is 27.7 Å². The lowest BCUT2D eigenvalue weighted by Gasteiger charge is -2.32. The van der Waals surface area contributed by atoms with Crippen molar-refractivity contribution in [3.05, 3.63) is 63.0 Å². The van der Waals surface area contributed by atoms with E-state index in [9.17, 15) is 4.79 Å². The lowest BCUT2D eigenvalue weighted by Crippen LogP contribution is -2.45. The van der Waals surface area contributed by atoms with Crippen LogP contribution < -0.4 is 5.32 Å². The van der Waals surface area contributed by atoms with Gasteiger partial charge in [0.05, 0.1) is 5.71 Å². The van der Waals surface area contributed by atoms with Crippen molar-refractivity contribution in [3.63, 3.8) is 0 Å². The van der Waals surface area contributed by atoms with Gasteiger partial charge in [0.25, 0.3) is 0 Å². The number of nitrogens with zero attached hydrogens (tertiary/aromatic N) is 6. The minimum Gasteiger partial charge on any atom is -0.353 e. The molecule has 190 valence electrons. The van der Waals surface area contributed by atoms with Crippen molar-refractivity contribution >= 4 is 23.0 Å². The fourth-order valence-electron chi connectivity index (χ4n) is 4.87. The number of hydrogen-bond donors (Lipinski definition) is 1. The van der Waals surface area contributed by atoms with Crippen molar-refractivity contribution < 1.29 is 4.79 Å². The molecule has 0 bridgehead atoms. The number of piperazine rings is 1. The molecule has 1 atom stereocenters. The van der Waals surface area contributed by atoms with E-state index in [4.69, 9.17) is 4.99 Å². The van der Waals surface area contributed by atoms with Gasteiger partial charge in [-0.2, -0.15) is 0 Å². The predicted molar refractivity (Wildman–Crippen MR) is 145 cm³/mol. The first kappa shape index (κ1) is 24.8. The summed E-state index contributed by atoms with van der Waals surface area (Å²) in [6.07, 6.45) is 0.488. The van der Waals surface area contributed by atoms with Crippen LogP contribution in [0.2, 0.25) is 0 Å². The number of amides is 1. The molecule has 1 saturated heterocycles. The van der Waals surface area contributed by atoms with Gasteiger partial charge in [0.2, 0.25) is 5.91 Å². The highest BCUT2D eigenvalue weighted by atomic mass is 32.1. The molecule has 1 amide bonds. The van der Waals surface area contributed by atoms with E-state index in [1.54, 1.807) is 11.3 Å². The molecule has 1 N–H and O–H groups in total. The second kappa shape index (κ2) is 10.2. The maximum absolute atomic E-state index is 12.8. The third-order valence-corrected chi connectivity index (χ3v) is 8.50. The Morgan fingerprint density at radius 2 is 1.78 bits per heavy atom. The van der Waals surface area contributed by atoms with Gasteiger partial charge in [0.1, 0.15) is 16.9 Å². The summed E-state index contributed by atoms with van der Waals surface area (Å²) in [6, 6.07) is 8.19. The molecule has 2 aromatic heterocycles. The molecule has 0 spiro atoms. The lowest BCUT2D eigenvalue weighted by atomic mass is 9.99. The normalized spacial score (nSPS) is 18.4. The second-order valence-corrected chi connectivity index (χ2v) is 11.2. The summed E-state index contributed by atoms with van der Waals surface area (Å²) in [6.45, 7) is 13.7. The number of aromatic nitrogens is 3. The first-order valence-corrected chi connectivity index (χ1v) is 13.5. The van der Waals surface area contributed by atoms with Crippen LogP contribution in [0.25, 0.3) is 5.00 Å². The van der Waals surface area contributed by atoms with Gasteiger partial charge in [-0.3, -0.25) is 14.4 Å². The quantitative estimate of drug-likeness (QED) is 0.557. The number of thiophene rings is 1. The Kier molecular flexibility index (Phi) is 7.05. The number of aliphatic imine (C=N–C) groups is 1. The molecular weight excluding hydrogens is 470 g/mol. The number of carbonyl (C=O) groups is 1. The Morgan fingerprint density at radius 1 is 1.06 bits per heavy atom. The maximum Gasteiger partial charge on any atom is 0.221 e. The van der Waals surface area contributed by atoms with E-state index >= 15 is 0 Å². The van der Waals surface area contributed by atoms with Gasteiger partial charge in [-0.05, 0) is 40.3 Å². The fraction of sp³-hybridized carbons (Fsp3) is 0.481. The zero-order chi connectivity index (χ0) is 25.4. The molecule has 5 rings (SSSR count). The summed E-state index contributed by atoms with van der Waals surface area (Å²) >= 11 is 1.75. The zero-order valence-electron chi connectivity index (χ0n) is 21.8. The first-order chi connectivity index (χ1) is 17.3. The van der Waals surface area contributed by atoms with Crippen LogP contribution >= 0.6 is 11.3 Å². The number of carbonyl (C=O) groups excluding carboxylic acids is 1. The molecular formula is C27H35N7OS. The number of rotatable bonds is 6. The lowest BCUT2D eigenvalue weighted by molar-refractivity contribution is -0.121. The molecule has 1 aromatic carbocycles. The van der Waals surface area contributed by atoms with Crippen molar-refractivity contribution in [2.24, 2.45) is 4.99 Å². The average Bonchev–Trinajstić information content (AvgIpc) is 3.34. The summed E-state index contributed by atoms with van der Waals surface area (Å²) in [5, 5.41) is 13.2. The molecule has 2 aliphatic heterocycles. The van der Waals surface area contributed by atoms with Crippen molar-refractivity contribution in [2.75, 3.05) is 46.3 Å². The van der Waals surface area contributed by atoms with Crippen molar-refractivity contribution in [2.45, 2.75) is 40.2 Å². The molecule has 0 aliphatic carbocycles. The molecule has 3 aromatic rings. The Balaban J connectivity index is 1.42. The zero-order valence-corrected chi connectivity index (χ0v) is 22.7. The minimum atomic E-state index is -0.325. The van der Waals surface area contributed by atoms with E-state index in [1.165, 1.54) is 16.0 Å². The molecule has 0 radical (unpaired) electrons.